The third kappa shape index (κ3) is 2.10. The van der Waals surface area contributed by atoms with Crippen molar-refractivity contribution >= 4 is 11.6 Å². The van der Waals surface area contributed by atoms with E-state index in [0.717, 1.165) is 24.1 Å². The zero-order valence-corrected chi connectivity index (χ0v) is 17.1. The zero-order valence-electron chi connectivity index (χ0n) is 17.1. The highest BCUT2D eigenvalue weighted by atomic mass is 16.5. The zero-order chi connectivity index (χ0) is 19.7. The summed E-state index contributed by atoms with van der Waals surface area (Å²) >= 11 is 0. The predicted molar refractivity (Wildman–Crippen MR) is 111 cm³/mol. The number of fused-ring (bicyclic) bond motifs is 1. The van der Waals surface area contributed by atoms with E-state index >= 15 is 0 Å². The fourth-order valence-corrected chi connectivity index (χ4v) is 5.68. The summed E-state index contributed by atoms with van der Waals surface area (Å²) in [5.41, 5.74) is 4.35. The first-order chi connectivity index (χ1) is 13.3. The molecule has 0 saturated carbocycles. The van der Waals surface area contributed by atoms with Gasteiger partial charge in [-0.3, -0.25) is 10.1 Å². The Morgan fingerprint density at radius 1 is 1.11 bits per heavy atom. The first kappa shape index (κ1) is 17.9. The van der Waals surface area contributed by atoms with Gasteiger partial charge in [0.1, 0.15) is 0 Å². The van der Waals surface area contributed by atoms with Crippen LogP contribution in [0.4, 0.5) is 5.69 Å². The van der Waals surface area contributed by atoms with Crippen molar-refractivity contribution in [1.29, 1.82) is 0 Å². The van der Waals surface area contributed by atoms with Gasteiger partial charge in [-0.05, 0) is 49.4 Å². The normalized spacial score (nSPS) is 30.1. The molecule has 0 bridgehead atoms. The molecule has 4 nitrogen and oxygen atoms in total. The van der Waals surface area contributed by atoms with E-state index in [4.69, 9.17) is 4.74 Å². The van der Waals surface area contributed by atoms with Crippen LogP contribution >= 0.6 is 0 Å². The number of nitrogens with zero attached hydrogens (tertiary/aromatic N) is 1. The number of carbonyl (C=O) groups excluding carboxylic acids is 1. The van der Waals surface area contributed by atoms with Crippen LogP contribution in [-0.2, 0) is 27.1 Å². The quantitative estimate of drug-likeness (QED) is 0.865. The molecule has 0 aliphatic carbocycles. The molecule has 1 amide bonds. The van der Waals surface area contributed by atoms with Crippen molar-refractivity contribution < 1.29 is 9.53 Å². The lowest BCUT2D eigenvalue weighted by atomic mass is 9.65. The van der Waals surface area contributed by atoms with Crippen molar-refractivity contribution in [2.45, 2.75) is 57.2 Å². The summed E-state index contributed by atoms with van der Waals surface area (Å²) in [5.74, 6) is 0.0367. The van der Waals surface area contributed by atoms with Gasteiger partial charge in [0.25, 0.3) is 5.91 Å². The minimum Gasteiger partial charge on any atom is -0.346 e. The summed E-state index contributed by atoms with van der Waals surface area (Å²) in [7, 11) is 0. The maximum Gasteiger partial charge on any atom is 0.280 e. The molecule has 5 rings (SSSR count). The summed E-state index contributed by atoms with van der Waals surface area (Å²) < 4.78 is 6.12. The second-order valence-electron chi connectivity index (χ2n) is 9.18. The lowest BCUT2D eigenvalue weighted by Gasteiger charge is -2.50. The van der Waals surface area contributed by atoms with Gasteiger partial charge in [0.15, 0.2) is 0 Å². The largest absolute Gasteiger partial charge is 0.346 e. The van der Waals surface area contributed by atoms with E-state index in [2.05, 4.69) is 75.5 Å². The molecular formula is C24H28N2O2. The lowest BCUT2D eigenvalue weighted by Crippen LogP contribution is -2.58. The molecule has 3 heterocycles. The van der Waals surface area contributed by atoms with Crippen LogP contribution < -0.4 is 10.2 Å². The minimum absolute atomic E-state index is 0.0367. The minimum atomic E-state index is -1.02. The monoisotopic (exact) mass is 376 g/mol. The van der Waals surface area contributed by atoms with E-state index in [9.17, 15) is 4.79 Å². The number of ether oxygens (including phenoxy) is 1. The van der Waals surface area contributed by atoms with Crippen LogP contribution in [-0.4, -0.2) is 24.6 Å². The molecule has 0 aromatic heterocycles. The van der Waals surface area contributed by atoms with Crippen molar-refractivity contribution in [3.05, 3.63) is 64.7 Å². The Balaban J connectivity index is 1.85. The van der Waals surface area contributed by atoms with Crippen molar-refractivity contribution in [1.82, 2.24) is 5.32 Å². The van der Waals surface area contributed by atoms with E-state index < -0.39 is 5.72 Å². The molecule has 3 aliphatic rings. The first-order valence-electron chi connectivity index (χ1n) is 10.3. The topological polar surface area (TPSA) is 41.6 Å². The molecule has 0 radical (unpaired) electrons. The summed E-state index contributed by atoms with van der Waals surface area (Å²) in [6.45, 7) is 10.1. The molecule has 1 saturated heterocycles. The number of rotatable bonds is 2. The molecule has 1 N–H and O–H groups in total. The van der Waals surface area contributed by atoms with Gasteiger partial charge in [0, 0.05) is 23.1 Å². The second kappa shape index (κ2) is 5.68. The van der Waals surface area contributed by atoms with Crippen LogP contribution in [0.25, 0.3) is 0 Å². The average Bonchev–Trinajstić information content (AvgIpc) is 3.26. The lowest BCUT2D eigenvalue weighted by molar-refractivity contribution is -0.141. The van der Waals surface area contributed by atoms with Crippen LogP contribution in [0.3, 0.4) is 0 Å². The second-order valence-corrected chi connectivity index (χ2v) is 9.18. The molecule has 2 atom stereocenters. The van der Waals surface area contributed by atoms with Gasteiger partial charge >= 0.3 is 0 Å². The highest BCUT2D eigenvalue weighted by Crippen LogP contribution is 2.58. The molecule has 1 spiro atoms. The van der Waals surface area contributed by atoms with Gasteiger partial charge in [-0.25, -0.2) is 0 Å². The maximum absolute atomic E-state index is 13.7. The van der Waals surface area contributed by atoms with Gasteiger partial charge in [-0.2, -0.15) is 0 Å². The van der Waals surface area contributed by atoms with Gasteiger partial charge in [0.05, 0.1) is 12.3 Å². The Kier molecular flexibility index (Phi) is 3.63. The summed E-state index contributed by atoms with van der Waals surface area (Å²) in [6.07, 6.45) is 1.80. The Bertz CT molecular complexity index is 960. The van der Waals surface area contributed by atoms with Crippen LogP contribution in [0.5, 0.6) is 0 Å². The van der Waals surface area contributed by atoms with E-state index in [1.165, 1.54) is 16.7 Å². The number of aryl methyl sites for hydroxylation is 1. The Labute approximate surface area is 166 Å². The number of amides is 1. The maximum atomic E-state index is 13.7. The third-order valence-corrected chi connectivity index (χ3v) is 6.88. The molecule has 4 heteroatoms. The average molecular weight is 377 g/mol. The standard InChI is InChI=1S/C24H28N2O2/c1-5-16-13-18-20-19(14-16)24(25-11-12-28-24)21(27)26(20)22(2,3)15-23(18,4)17-9-7-6-8-10-17/h6-10,13-14,25H,5,11-12,15H2,1-4H3/t23-,24-/m1/s1. The highest BCUT2D eigenvalue weighted by Gasteiger charge is 2.62. The van der Waals surface area contributed by atoms with Crippen molar-refractivity contribution in [3.63, 3.8) is 0 Å². The fourth-order valence-electron chi connectivity index (χ4n) is 5.68. The molecule has 2 aromatic rings. The summed E-state index contributed by atoms with van der Waals surface area (Å²) in [4.78, 5) is 15.7. The smallest absolute Gasteiger partial charge is 0.280 e. The molecule has 28 heavy (non-hydrogen) atoms. The van der Waals surface area contributed by atoms with E-state index in [1.807, 2.05) is 4.90 Å². The summed E-state index contributed by atoms with van der Waals surface area (Å²) in [5, 5.41) is 3.40. The summed E-state index contributed by atoms with van der Waals surface area (Å²) in [6, 6.07) is 15.2. The number of carbonyl (C=O) groups is 1. The predicted octanol–water partition coefficient (Wildman–Crippen LogP) is 3.86. The van der Waals surface area contributed by atoms with Crippen molar-refractivity contribution in [2.75, 3.05) is 18.1 Å². The third-order valence-electron chi connectivity index (χ3n) is 6.88. The van der Waals surface area contributed by atoms with Gasteiger partial charge in [-0.1, -0.05) is 50.2 Å². The number of anilines is 1. The van der Waals surface area contributed by atoms with Crippen LogP contribution in [0.1, 0.15) is 56.4 Å². The Morgan fingerprint density at radius 3 is 2.46 bits per heavy atom. The number of nitrogens with one attached hydrogen (secondary N) is 1. The van der Waals surface area contributed by atoms with Gasteiger partial charge in [0.2, 0.25) is 5.72 Å². The van der Waals surface area contributed by atoms with Gasteiger partial charge < -0.3 is 9.64 Å². The molecule has 0 unspecified atom stereocenters. The molecule has 3 aliphatic heterocycles. The van der Waals surface area contributed by atoms with E-state index in [-0.39, 0.29) is 16.9 Å². The highest BCUT2D eigenvalue weighted by molar-refractivity contribution is 6.09. The van der Waals surface area contributed by atoms with Crippen LogP contribution in [0, 0.1) is 0 Å². The first-order valence-corrected chi connectivity index (χ1v) is 10.3. The Morgan fingerprint density at radius 2 is 1.82 bits per heavy atom. The van der Waals surface area contributed by atoms with Crippen LogP contribution in [0.15, 0.2) is 42.5 Å². The SMILES string of the molecule is CCc1cc2c3c(c1)[C@]1(NCCO1)C(=O)N3C(C)(C)C[C@]2(C)c1ccccc1. The fraction of sp³-hybridized carbons (Fsp3) is 0.458. The van der Waals surface area contributed by atoms with Crippen molar-refractivity contribution in [3.8, 4) is 0 Å². The van der Waals surface area contributed by atoms with E-state index in [0.29, 0.717) is 13.2 Å². The molecule has 1 fully saturated rings. The van der Waals surface area contributed by atoms with Crippen molar-refractivity contribution in [2.24, 2.45) is 0 Å². The number of hydrogen-bond acceptors (Lipinski definition) is 3. The van der Waals surface area contributed by atoms with E-state index in [1.54, 1.807) is 0 Å². The number of benzene rings is 2. The van der Waals surface area contributed by atoms with Crippen LogP contribution in [0.2, 0.25) is 0 Å². The van der Waals surface area contributed by atoms with Gasteiger partial charge in [-0.15, -0.1) is 0 Å². The number of hydrogen-bond donors (Lipinski definition) is 1. The molecule has 2 aromatic carbocycles. The Hall–Kier alpha value is -2.17. The molecule has 146 valence electrons. The molecular weight excluding hydrogens is 348 g/mol.